The molecule has 1 aliphatic rings. The fourth-order valence-corrected chi connectivity index (χ4v) is 11.8. The molecule has 0 heterocycles. The Morgan fingerprint density at radius 3 is 1.02 bits per heavy atom. The summed E-state index contributed by atoms with van der Waals surface area (Å²) in [5.74, 6) is 0. The second kappa shape index (κ2) is 13.4. The second-order valence-corrected chi connectivity index (χ2v) is 20.9. The molecule has 310 valence electrons. The van der Waals surface area contributed by atoms with Gasteiger partial charge in [0.25, 0.3) is 0 Å². The molecular formula is C65H50. The van der Waals surface area contributed by atoms with E-state index in [9.17, 15) is 0 Å². The van der Waals surface area contributed by atoms with Crippen molar-refractivity contribution in [2.24, 2.45) is 0 Å². The van der Waals surface area contributed by atoms with Crippen LogP contribution in [0.3, 0.4) is 0 Å². The third-order valence-electron chi connectivity index (χ3n) is 15.1. The largest absolute Gasteiger partial charge is 0.0713 e. The number of hydrogen-bond acceptors (Lipinski definition) is 0. The van der Waals surface area contributed by atoms with Crippen molar-refractivity contribution in [2.75, 3.05) is 0 Å². The molecule has 0 nitrogen and oxygen atoms in total. The van der Waals surface area contributed by atoms with Crippen LogP contribution in [0, 0.1) is 0 Å². The Balaban J connectivity index is 1.05. The Bertz CT molecular complexity index is 3580. The van der Waals surface area contributed by atoms with Gasteiger partial charge in [0.1, 0.15) is 0 Å². The van der Waals surface area contributed by atoms with E-state index in [1.165, 1.54) is 131 Å². The molecule has 0 fully saturated rings. The highest BCUT2D eigenvalue weighted by Crippen LogP contribution is 2.58. The van der Waals surface area contributed by atoms with Crippen molar-refractivity contribution in [1.82, 2.24) is 0 Å². The van der Waals surface area contributed by atoms with Crippen molar-refractivity contribution in [3.63, 3.8) is 0 Å². The van der Waals surface area contributed by atoms with Crippen LogP contribution in [0.5, 0.6) is 0 Å². The third kappa shape index (κ3) is 5.44. The Labute approximate surface area is 381 Å². The molecule has 0 atom stereocenters. The molecule has 1 aliphatic carbocycles. The molecule has 0 heteroatoms. The normalized spacial score (nSPS) is 13.8. The maximum absolute atomic E-state index is 2.53. The van der Waals surface area contributed by atoms with Gasteiger partial charge >= 0.3 is 0 Å². The second-order valence-electron chi connectivity index (χ2n) is 20.9. The highest BCUT2D eigenvalue weighted by atomic mass is 14.5. The van der Waals surface area contributed by atoms with Gasteiger partial charge in [0, 0.05) is 0 Å². The zero-order chi connectivity index (χ0) is 44.0. The molecule has 0 bridgehead atoms. The Kier molecular flexibility index (Phi) is 7.86. The molecule has 13 rings (SSSR count). The van der Waals surface area contributed by atoms with E-state index in [1.807, 2.05) is 0 Å². The van der Waals surface area contributed by atoms with Gasteiger partial charge in [-0.2, -0.15) is 0 Å². The van der Waals surface area contributed by atoms with Gasteiger partial charge in [-0.1, -0.05) is 224 Å². The van der Waals surface area contributed by atoms with Gasteiger partial charge in [-0.05, 0) is 154 Å². The van der Waals surface area contributed by atoms with E-state index in [4.69, 9.17) is 0 Å². The van der Waals surface area contributed by atoms with E-state index < -0.39 is 5.41 Å². The fourth-order valence-electron chi connectivity index (χ4n) is 11.8. The summed E-state index contributed by atoms with van der Waals surface area (Å²) in [5, 5.41) is 15.9. The molecule has 0 N–H and O–H groups in total. The van der Waals surface area contributed by atoms with Crippen LogP contribution in [-0.4, -0.2) is 0 Å². The number of benzene rings is 12. The van der Waals surface area contributed by atoms with E-state index >= 15 is 0 Å². The molecule has 0 spiro atoms. The van der Waals surface area contributed by atoms with E-state index in [2.05, 4.69) is 236 Å². The van der Waals surface area contributed by atoms with Gasteiger partial charge in [0.2, 0.25) is 0 Å². The minimum Gasteiger partial charge on any atom is -0.0622 e. The summed E-state index contributed by atoms with van der Waals surface area (Å²) < 4.78 is 0. The highest BCUT2D eigenvalue weighted by molar-refractivity contribution is 6.27. The van der Waals surface area contributed by atoms with Gasteiger partial charge in [0.05, 0.1) is 5.41 Å². The lowest BCUT2D eigenvalue weighted by Crippen LogP contribution is -2.28. The predicted octanol–water partition coefficient (Wildman–Crippen LogP) is 17.8. The van der Waals surface area contributed by atoms with Crippen LogP contribution in [0.15, 0.2) is 194 Å². The van der Waals surface area contributed by atoms with E-state index in [-0.39, 0.29) is 10.8 Å². The molecule has 65 heavy (non-hydrogen) atoms. The lowest BCUT2D eigenvalue weighted by molar-refractivity contribution is 0.591. The Morgan fingerprint density at radius 1 is 0.292 bits per heavy atom. The topological polar surface area (TPSA) is 0 Å². The molecule has 12 aromatic rings. The SMILES string of the molecule is CC(C)(C)c1cc2ccc3ccc(-c4ccc5c(c4)C(c4ccccc4)(c4ccccc4)c4cc(-c6ccc7ccc8cc(C(C)(C)C)cc9ccc6c7c89)ccc4-5)c4ccc(c1)c2c34. The summed E-state index contributed by atoms with van der Waals surface area (Å²) in [7, 11) is 0. The van der Waals surface area contributed by atoms with Crippen molar-refractivity contribution < 1.29 is 0 Å². The van der Waals surface area contributed by atoms with Crippen molar-refractivity contribution in [3.8, 4) is 33.4 Å². The van der Waals surface area contributed by atoms with Crippen molar-refractivity contribution in [1.29, 1.82) is 0 Å². The Morgan fingerprint density at radius 2 is 0.631 bits per heavy atom. The van der Waals surface area contributed by atoms with Crippen molar-refractivity contribution in [3.05, 3.63) is 228 Å². The van der Waals surface area contributed by atoms with Crippen molar-refractivity contribution >= 4 is 64.6 Å². The monoisotopic (exact) mass is 830 g/mol. The first kappa shape index (κ1) is 38.2. The first-order chi connectivity index (χ1) is 31.5. The van der Waals surface area contributed by atoms with E-state index in [0.717, 1.165) is 0 Å². The van der Waals surface area contributed by atoms with Crippen LogP contribution in [0.1, 0.15) is 74.9 Å². The third-order valence-corrected chi connectivity index (χ3v) is 15.1. The van der Waals surface area contributed by atoms with E-state index in [0.29, 0.717) is 0 Å². The molecule has 12 aromatic carbocycles. The van der Waals surface area contributed by atoms with Crippen LogP contribution < -0.4 is 0 Å². The number of fused-ring (bicyclic) bond motifs is 3. The summed E-state index contributed by atoms with van der Waals surface area (Å²) >= 11 is 0. The smallest absolute Gasteiger partial charge is 0.0622 e. The highest BCUT2D eigenvalue weighted by Gasteiger charge is 2.46. The first-order valence-electron chi connectivity index (χ1n) is 23.3. The number of hydrogen-bond donors (Lipinski definition) is 0. The standard InChI is InChI=1S/C65H50/c1-63(2,3)49-33-43-19-17-39-21-27-51(55-31-25-45(35-49)59(43)61(39)55)41-23-29-53-54-30-24-42(38-58(54)65(57(53)37-41,47-13-9-7-10-14-47)48-15-11-8-12-16-48)52-28-22-40-18-20-44-34-50(64(4,5)6)36-46-26-32-56(52)62(40)60(44)46/h7-38H,1-6H3. The minimum atomic E-state index is -0.556. The zero-order valence-electron chi connectivity index (χ0n) is 38.0. The molecule has 0 saturated carbocycles. The lowest BCUT2D eigenvalue weighted by Gasteiger charge is -2.34. The van der Waals surface area contributed by atoms with Crippen molar-refractivity contribution in [2.45, 2.75) is 57.8 Å². The average molecular weight is 831 g/mol. The molecule has 0 unspecified atom stereocenters. The summed E-state index contributed by atoms with van der Waals surface area (Å²) in [6.07, 6.45) is 0. The quantitative estimate of drug-likeness (QED) is 0.155. The molecule has 0 radical (unpaired) electrons. The van der Waals surface area contributed by atoms with Crippen LogP contribution in [-0.2, 0) is 16.2 Å². The van der Waals surface area contributed by atoms with Gasteiger partial charge in [-0.15, -0.1) is 0 Å². The lowest BCUT2D eigenvalue weighted by atomic mass is 9.67. The molecule has 0 saturated heterocycles. The first-order valence-corrected chi connectivity index (χ1v) is 23.3. The summed E-state index contributed by atoms with van der Waals surface area (Å²) in [4.78, 5) is 0. The van der Waals surface area contributed by atoms with Gasteiger partial charge < -0.3 is 0 Å². The average Bonchev–Trinajstić information content (AvgIpc) is 3.61. The van der Waals surface area contributed by atoms with Crippen LogP contribution in [0.4, 0.5) is 0 Å². The summed E-state index contributed by atoms with van der Waals surface area (Å²) in [5.41, 5.74) is 15.1. The van der Waals surface area contributed by atoms with Gasteiger partial charge in [-0.3, -0.25) is 0 Å². The fraction of sp³-hybridized carbons (Fsp3) is 0.138. The van der Waals surface area contributed by atoms with E-state index in [1.54, 1.807) is 0 Å². The molecule has 0 amide bonds. The maximum Gasteiger partial charge on any atom is 0.0713 e. The molecule has 0 aliphatic heterocycles. The predicted molar refractivity (Wildman–Crippen MR) is 279 cm³/mol. The van der Waals surface area contributed by atoms with Gasteiger partial charge in [0.15, 0.2) is 0 Å². The molecule has 0 aromatic heterocycles. The van der Waals surface area contributed by atoms with Gasteiger partial charge in [-0.25, -0.2) is 0 Å². The zero-order valence-corrected chi connectivity index (χ0v) is 38.0. The molecular weight excluding hydrogens is 781 g/mol. The summed E-state index contributed by atoms with van der Waals surface area (Å²) in [6, 6.07) is 74.9. The summed E-state index contributed by atoms with van der Waals surface area (Å²) in [6.45, 7) is 13.9. The van der Waals surface area contributed by atoms with Crippen LogP contribution in [0.25, 0.3) is 98.0 Å². The van der Waals surface area contributed by atoms with Crippen LogP contribution in [0.2, 0.25) is 0 Å². The Hall–Kier alpha value is -7.28. The maximum atomic E-state index is 2.53. The minimum absolute atomic E-state index is 0.0705. The number of rotatable bonds is 4. The van der Waals surface area contributed by atoms with Crippen LogP contribution >= 0.6 is 0 Å².